The molecule has 0 atom stereocenters. The molecule has 2 aromatic carbocycles. The predicted octanol–water partition coefficient (Wildman–Crippen LogP) is 3.80. The Balaban J connectivity index is 1.60. The van der Waals surface area contributed by atoms with E-state index in [2.05, 4.69) is 15.3 Å². The summed E-state index contributed by atoms with van der Waals surface area (Å²) in [5.41, 5.74) is 0.569. The molecule has 0 aliphatic rings. The summed E-state index contributed by atoms with van der Waals surface area (Å²) in [6, 6.07) is 9.08. The quantitative estimate of drug-likeness (QED) is 0.278. The molecular formula is C17H10ClN5O4S2. The molecule has 0 radical (unpaired) electrons. The van der Waals surface area contributed by atoms with E-state index in [1.165, 1.54) is 23.9 Å². The minimum Gasteiger partial charge on any atom is -0.508 e. The number of halogens is 1. The van der Waals surface area contributed by atoms with Crippen LogP contribution in [0.3, 0.4) is 0 Å². The topological polar surface area (TPSA) is 124 Å². The van der Waals surface area contributed by atoms with Gasteiger partial charge in [-0.25, -0.2) is 4.68 Å². The van der Waals surface area contributed by atoms with E-state index in [9.17, 15) is 20.0 Å². The second-order valence-electron chi connectivity index (χ2n) is 5.80. The highest BCUT2D eigenvalue weighted by atomic mass is 35.5. The highest BCUT2D eigenvalue weighted by molar-refractivity contribution is 8.00. The van der Waals surface area contributed by atoms with Crippen LogP contribution in [-0.2, 0) is 5.75 Å². The van der Waals surface area contributed by atoms with Crippen LogP contribution in [0.25, 0.3) is 15.8 Å². The molecule has 12 heteroatoms. The van der Waals surface area contributed by atoms with Gasteiger partial charge in [0.1, 0.15) is 10.4 Å². The number of phenols is 1. The maximum atomic E-state index is 12.3. The lowest BCUT2D eigenvalue weighted by Crippen LogP contribution is -2.06. The molecule has 4 rings (SSSR count). The number of hydrogen-bond acceptors (Lipinski definition) is 9. The van der Waals surface area contributed by atoms with Gasteiger partial charge in [0, 0.05) is 16.8 Å². The summed E-state index contributed by atoms with van der Waals surface area (Å²) >= 11 is 8.17. The van der Waals surface area contributed by atoms with Crippen LogP contribution >= 0.6 is 34.7 Å². The van der Waals surface area contributed by atoms with E-state index in [1.54, 1.807) is 35.1 Å². The maximum absolute atomic E-state index is 12.3. The Morgan fingerprint density at radius 2 is 2.03 bits per heavy atom. The molecule has 0 saturated heterocycles. The van der Waals surface area contributed by atoms with Crippen LogP contribution in [0.2, 0.25) is 5.02 Å². The average Bonchev–Trinajstić information content (AvgIpc) is 3.16. The number of hydrogen-bond donors (Lipinski definition) is 1. The van der Waals surface area contributed by atoms with Crippen molar-refractivity contribution in [2.24, 2.45) is 0 Å². The number of phenolic OH excluding ortho intramolecular Hbond substituents is 1. The molecule has 1 N–H and O–H groups in total. The Morgan fingerprint density at radius 1 is 1.28 bits per heavy atom. The number of nitro benzene ring substituents is 1. The largest absolute Gasteiger partial charge is 0.508 e. The Labute approximate surface area is 175 Å². The molecule has 0 fully saturated rings. The number of benzene rings is 2. The fraction of sp³-hybridized carbons (Fsp3) is 0.0588. The van der Waals surface area contributed by atoms with Crippen LogP contribution in [0.4, 0.5) is 5.69 Å². The highest BCUT2D eigenvalue weighted by Crippen LogP contribution is 2.35. The summed E-state index contributed by atoms with van der Waals surface area (Å²) in [4.78, 5) is 27.0. The van der Waals surface area contributed by atoms with Gasteiger partial charge >= 0.3 is 0 Å². The summed E-state index contributed by atoms with van der Waals surface area (Å²) in [5.74, 6) is 0.519. The Morgan fingerprint density at radius 3 is 2.76 bits per heavy atom. The van der Waals surface area contributed by atoms with E-state index in [0.29, 0.717) is 15.8 Å². The third-order valence-corrected chi connectivity index (χ3v) is 6.34. The van der Waals surface area contributed by atoms with E-state index in [-0.39, 0.29) is 26.5 Å². The average molecular weight is 448 g/mol. The van der Waals surface area contributed by atoms with Crippen LogP contribution in [0.5, 0.6) is 5.75 Å². The highest BCUT2D eigenvalue weighted by Gasteiger charge is 2.18. The number of nitrogens with zero attached hydrogens (tertiary/aromatic N) is 5. The van der Waals surface area contributed by atoms with Crippen LogP contribution in [0.1, 0.15) is 5.69 Å². The van der Waals surface area contributed by atoms with Gasteiger partial charge in [-0.1, -0.05) is 28.6 Å². The van der Waals surface area contributed by atoms with Crippen LogP contribution in [-0.4, -0.2) is 30.0 Å². The minimum absolute atomic E-state index is 0.113. The molecule has 4 aromatic rings. The smallest absolute Gasteiger partial charge is 0.288 e. The fourth-order valence-electron chi connectivity index (χ4n) is 2.53. The molecule has 9 nitrogen and oxygen atoms in total. The molecule has 2 heterocycles. The number of non-ortho nitro benzene ring substituents is 1. The van der Waals surface area contributed by atoms with Crippen molar-refractivity contribution in [1.82, 2.24) is 20.0 Å². The number of aromatic nitrogens is 4. The first-order valence-electron chi connectivity index (χ1n) is 8.03. The number of thioether (sulfide) groups is 1. The van der Waals surface area contributed by atoms with Gasteiger partial charge < -0.3 is 5.11 Å². The lowest BCUT2D eigenvalue weighted by molar-refractivity contribution is -0.382. The number of fused-ring (bicyclic) bond motifs is 1. The number of rotatable bonds is 5. The summed E-state index contributed by atoms with van der Waals surface area (Å²) in [7, 11) is 0. The standard InChI is InChI=1S/C17H10ClN5O4S2/c18-9-5-13-15(14(6-9)23(26)27)29-17(19-16(13)25)28-8-10-7-22(21-20-10)11-1-3-12(24)4-2-11/h1-7,24H,8H2. The normalized spacial score (nSPS) is 11.1. The van der Waals surface area contributed by atoms with Crippen LogP contribution in [0.15, 0.2) is 51.7 Å². The van der Waals surface area contributed by atoms with Crippen molar-refractivity contribution >= 4 is 50.5 Å². The van der Waals surface area contributed by atoms with Crippen molar-refractivity contribution < 1.29 is 10.0 Å². The summed E-state index contributed by atoms with van der Waals surface area (Å²) < 4.78 is 2.17. The Kier molecular flexibility index (Phi) is 5.18. The van der Waals surface area contributed by atoms with Gasteiger partial charge in [0.2, 0.25) is 0 Å². The van der Waals surface area contributed by atoms with Gasteiger partial charge in [-0.3, -0.25) is 14.9 Å². The van der Waals surface area contributed by atoms with Crippen molar-refractivity contribution in [2.45, 2.75) is 10.1 Å². The van der Waals surface area contributed by atoms with Gasteiger partial charge in [-0.2, -0.15) is 4.98 Å². The molecule has 29 heavy (non-hydrogen) atoms. The minimum atomic E-state index is -0.570. The van der Waals surface area contributed by atoms with Gasteiger partial charge in [0.05, 0.1) is 27.9 Å². The molecule has 0 unspecified atom stereocenters. The Hall–Kier alpha value is -3.02. The third kappa shape index (κ3) is 4.06. The molecule has 146 valence electrons. The molecule has 2 aromatic heterocycles. The van der Waals surface area contributed by atoms with Crippen LogP contribution < -0.4 is 5.56 Å². The first kappa shape index (κ1) is 19.3. The van der Waals surface area contributed by atoms with Gasteiger partial charge in [0.25, 0.3) is 11.2 Å². The van der Waals surface area contributed by atoms with Gasteiger partial charge in [-0.05, 0) is 30.3 Å². The SMILES string of the molecule is O=c1nc(SCc2cn(-c3ccc(O)cc3)nn2)sc2c([N+](=O)[O-])cc(Cl)cc12. The van der Waals surface area contributed by atoms with E-state index < -0.39 is 10.5 Å². The summed E-state index contributed by atoms with van der Waals surface area (Å²) in [5, 5.41) is 29.0. The van der Waals surface area contributed by atoms with Crippen molar-refractivity contribution in [3.63, 3.8) is 0 Å². The fourth-order valence-corrected chi connectivity index (χ4v) is 4.75. The predicted molar refractivity (Wildman–Crippen MR) is 110 cm³/mol. The molecule has 0 saturated carbocycles. The van der Waals surface area contributed by atoms with Crippen LogP contribution in [0, 0.1) is 10.1 Å². The van der Waals surface area contributed by atoms with Gasteiger partial charge in [0.15, 0.2) is 4.34 Å². The molecule has 0 amide bonds. The van der Waals surface area contributed by atoms with E-state index in [1.807, 2.05) is 0 Å². The number of nitro groups is 1. The molecular weight excluding hydrogens is 438 g/mol. The zero-order chi connectivity index (χ0) is 20.5. The second-order valence-corrected chi connectivity index (χ2v) is 8.46. The van der Waals surface area contributed by atoms with E-state index in [0.717, 1.165) is 17.0 Å². The molecule has 0 aliphatic carbocycles. The zero-order valence-electron chi connectivity index (χ0n) is 14.4. The Bertz CT molecular complexity index is 1290. The second kappa shape index (κ2) is 7.78. The zero-order valence-corrected chi connectivity index (χ0v) is 16.7. The van der Waals surface area contributed by atoms with Crippen molar-refractivity contribution in [3.05, 3.63) is 73.8 Å². The lowest BCUT2D eigenvalue weighted by atomic mass is 10.2. The maximum Gasteiger partial charge on any atom is 0.288 e. The van der Waals surface area contributed by atoms with Crippen molar-refractivity contribution in [3.8, 4) is 11.4 Å². The van der Waals surface area contributed by atoms with Crippen molar-refractivity contribution in [1.29, 1.82) is 0 Å². The first-order valence-corrected chi connectivity index (χ1v) is 10.2. The molecule has 0 bridgehead atoms. The van der Waals surface area contributed by atoms with E-state index in [4.69, 9.17) is 11.6 Å². The first-order chi connectivity index (χ1) is 13.9. The summed E-state index contributed by atoms with van der Waals surface area (Å²) in [6.45, 7) is 0. The van der Waals surface area contributed by atoms with Crippen molar-refractivity contribution in [2.75, 3.05) is 0 Å². The monoisotopic (exact) mass is 447 g/mol. The van der Waals surface area contributed by atoms with E-state index >= 15 is 0 Å². The van der Waals surface area contributed by atoms with Gasteiger partial charge in [-0.15, -0.1) is 16.4 Å². The number of aromatic hydroxyl groups is 1. The third-order valence-electron chi connectivity index (χ3n) is 3.84. The lowest BCUT2D eigenvalue weighted by Gasteiger charge is -2.02. The molecule has 0 spiro atoms. The summed E-state index contributed by atoms with van der Waals surface area (Å²) in [6.07, 6.45) is 1.71. The molecule has 0 aliphatic heterocycles.